The molecule has 0 amide bonds. The fourth-order valence-electron chi connectivity index (χ4n) is 3.02. The van der Waals surface area contributed by atoms with Crippen LogP contribution in [0, 0.1) is 10.1 Å². The van der Waals surface area contributed by atoms with Crippen molar-refractivity contribution in [3.63, 3.8) is 0 Å². The van der Waals surface area contributed by atoms with Crippen LogP contribution in [-0.4, -0.2) is 48.9 Å². The van der Waals surface area contributed by atoms with E-state index in [1.54, 1.807) is 19.2 Å². The van der Waals surface area contributed by atoms with Crippen LogP contribution in [0.3, 0.4) is 0 Å². The van der Waals surface area contributed by atoms with Gasteiger partial charge < -0.3 is 9.64 Å². The van der Waals surface area contributed by atoms with Gasteiger partial charge in [-0.2, -0.15) is 5.10 Å². The monoisotopic (exact) mass is 354 g/mol. The number of rotatable bonds is 5. The van der Waals surface area contributed by atoms with E-state index in [2.05, 4.69) is 16.1 Å². The zero-order valence-corrected chi connectivity index (χ0v) is 15.0. The molecular formula is C19H22N4O3. The number of nitro benzene ring substituents is 1. The van der Waals surface area contributed by atoms with Gasteiger partial charge in [0.25, 0.3) is 5.69 Å². The summed E-state index contributed by atoms with van der Waals surface area (Å²) in [6.45, 7) is 5.26. The first-order valence-corrected chi connectivity index (χ1v) is 8.51. The number of benzene rings is 2. The third-order valence-corrected chi connectivity index (χ3v) is 4.47. The van der Waals surface area contributed by atoms with Gasteiger partial charge in [0.2, 0.25) is 0 Å². The highest BCUT2D eigenvalue weighted by molar-refractivity contribution is 5.98. The van der Waals surface area contributed by atoms with Crippen molar-refractivity contribution in [3.8, 4) is 5.75 Å². The van der Waals surface area contributed by atoms with Gasteiger partial charge in [-0.15, -0.1) is 0 Å². The Morgan fingerprint density at radius 2 is 1.73 bits per heavy atom. The molecule has 1 saturated heterocycles. The molecule has 0 unspecified atom stereocenters. The molecule has 7 nitrogen and oxygen atoms in total. The third-order valence-electron chi connectivity index (χ3n) is 4.47. The smallest absolute Gasteiger partial charge is 0.269 e. The van der Waals surface area contributed by atoms with Crippen LogP contribution in [0.25, 0.3) is 0 Å². The average Bonchev–Trinajstić information content (AvgIpc) is 2.68. The fraction of sp³-hybridized carbons (Fsp3) is 0.316. The Morgan fingerprint density at radius 3 is 2.35 bits per heavy atom. The first-order chi connectivity index (χ1) is 12.6. The minimum Gasteiger partial charge on any atom is -0.495 e. The summed E-state index contributed by atoms with van der Waals surface area (Å²) < 4.78 is 5.44. The Bertz CT molecular complexity index is 797. The number of nitro groups is 1. The molecule has 1 aliphatic heterocycles. The van der Waals surface area contributed by atoms with Crippen LogP contribution in [0.2, 0.25) is 0 Å². The molecule has 0 aliphatic carbocycles. The molecule has 0 aromatic heterocycles. The summed E-state index contributed by atoms with van der Waals surface area (Å²) >= 11 is 0. The maximum Gasteiger partial charge on any atom is 0.269 e. The SMILES string of the molecule is COc1ccccc1N1CCN(/N=C(\C)c2ccc([N+](=O)[O-])cc2)CC1. The molecular weight excluding hydrogens is 332 g/mol. The van der Waals surface area contributed by atoms with Crippen LogP contribution in [-0.2, 0) is 0 Å². The second-order valence-electron chi connectivity index (χ2n) is 6.10. The molecule has 0 N–H and O–H groups in total. The number of para-hydroxylation sites is 2. The van der Waals surface area contributed by atoms with Crippen molar-refractivity contribution in [2.75, 3.05) is 38.2 Å². The number of nitrogens with zero attached hydrogens (tertiary/aromatic N) is 4. The molecule has 3 rings (SSSR count). The van der Waals surface area contributed by atoms with Crippen molar-refractivity contribution in [1.82, 2.24) is 5.01 Å². The van der Waals surface area contributed by atoms with Gasteiger partial charge in [0.05, 0.1) is 36.5 Å². The maximum absolute atomic E-state index is 10.7. The molecule has 0 bridgehead atoms. The Labute approximate surface area is 152 Å². The second kappa shape index (κ2) is 7.86. The molecule has 136 valence electrons. The number of hydrogen-bond donors (Lipinski definition) is 0. The number of hydrogen-bond acceptors (Lipinski definition) is 6. The first kappa shape index (κ1) is 17.7. The van der Waals surface area contributed by atoms with Crippen molar-refractivity contribution in [2.45, 2.75) is 6.92 Å². The quantitative estimate of drug-likeness (QED) is 0.469. The highest BCUT2D eigenvalue weighted by Crippen LogP contribution is 2.28. The summed E-state index contributed by atoms with van der Waals surface area (Å²) in [5.74, 6) is 0.881. The minimum absolute atomic E-state index is 0.0898. The molecule has 2 aromatic carbocycles. The lowest BCUT2D eigenvalue weighted by Crippen LogP contribution is -2.44. The van der Waals surface area contributed by atoms with E-state index >= 15 is 0 Å². The Balaban J connectivity index is 1.64. The van der Waals surface area contributed by atoms with Gasteiger partial charge in [0, 0.05) is 25.2 Å². The molecule has 1 fully saturated rings. The summed E-state index contributed by atoms with van der Waals surface area (Å²) in [6, 6.07) is 14.5. The zero-order valence-electron chi connectivity index (χ0n) is 15.0. The Kier molecular flexibility index (Phi) is 5.36. The van der Waals surface area contributed by atoms with Crippen LogP contribution in [0.15, 0.2) is 53.6 Å². The van der Waals surface area contributed by atoms with Crippen molar-refractivity contribution >= 4 is 17.1 Å². The van der Waals surface area contributed by atoms with Gasteiger partial charge in [0.15, 0.2) is 0 Å². The molecule has 1 heterocycles. The maximum atomic E-state index is 10.7. The standard InChI is InChI=1S/C19H22N4O3/c1-15(16-7-9-17(10-8-16)23(24)25)20-22-13-11-21(12-14-22)18-5-3-4-6-19(18)26-2/h3-10H,11-14H2,1-2H3/b20-15+. The average molecular weight is 354 g/mol. The zero-order chi connectivity index (χ0) is 18.5. The van der Waals surface area contributed by atoms with Gasteiger partial charge in [-0.1, -0.05) is 12.1 Å². The second-order valence-corrected chi connectivity index (χ2v) is 6.10. The van der Waals surface area contributed by atoms with Crippen LogP contribution in [0.4, 0.5) is 11.4 Å². The van der Waals surface area contributed by atoms with E-state index < -0.39 is 4.92 Å². The van der Waals surface area contributed by atoms with E-state index in [4.69, 9.17) is 4.74 Å². The Hall–Kier alpha value is -3.09. The van der Waals surface area contributed by atoms with Crippen molar-refractivity contribution in [3.05, 3.63) is 64.2 Å². The lowest BCUT2D eigenvalue weighted by molar-refractivity contribution is -0.384. The highest BCUT2D eigenvalue weighted by Gasteiger charge is 2.19. The summed E-state index contributed by atoms with van der Waals surface area (Å²) in [4.78, 5) is 12.6. The molecule has 0 spiro atoms. The highest BCUT2D eigenvalue weighted by atomic mass is 16.6. The first-order valence-electron chi connectivity index (χ1n) is 8.51. The van der Waals surface area contributed by atoms with Crippen LogP contribution < -0.4 is 9.64 Å². The largest absolute Gasteiger partial charge is 0.495 e. The van der Waals surface area contributed by atoms with Crippen molar-refractivity contribution < 1.29 is 9.66 Å². The van der Waals surface area contributed by atoms with Crippen LogP contribution in [0.5, 0.6) is 5.75 Å². The molecule has 0 atom stereocenters. The fourth-order valence-corrected chi connectivity index (χ4v) is 3.02. The van der Waals surface area contributed by atoms with E-state index in [0.29, 0.717) is 0 Å². The van der Waals surface area contributed by atoms with Gasteiger partial charge in [-0.25, -0.2) is 0 Å². The number of methoxy groups -OCH3 is 1. The molecule has 1 aliphatic rings. The van der Waals surface area contributed by atoms with Gasteiger partial charge in [-0.3, -0.25) is 15.1 Å². The van der Waals surface area contributed by atoms with E-state index in [1.807, 2.05) is 30.1 Å². The number of anilines is 1. The van der Waals surface area contributed by atoms with E-state index in [9.17, 15) is 10.1 Å². The predicted molar refractivity (Wildman–Crippen MR) is 102 cm³/mol. The number of ether oxygens (including phenoxy) is 1. The van der Waals surface area contributed by atoms with Gasteiger partial charge in [0.1, 0.15) is 5.75 Å². The molecule has 0 saturated carbocycles. The van der Waals surface area contributed by atoms with E-state index in [1.165, 1.54) is 12.1 Å². The summed E-state index contributed by atoms with van der Waals surface area (Å²) in [5.41, 5.74) is 2.94. The lowest BCUT2D eigenvalue weighted by atomic mass is 10.1. The van der Waals surface area contributed by atoms with Crippen molar-refractivity contribution in [1.29, 1.82) is 0 Å². The van der Waals surface area contributed by atoms with E-state index in [-0.39, 0.29) is 5.69 Å². The number of hydrazone groups is 1. The van der Waals surface area contributed by atoms with Crippen LogP contribution in [0.1, 0.15) is 12.5 Å². The predicted octanol–water partition coefficient (Wildman–Crippen LogP) is 3.15. The molecule has 7 heteroatoms. The number of piperazine rings is 1. The topological polar surface area (TPSA) is 71.2 Å². The third kappa shape index (κ3) is 3.93. The number of non-ortho nitro benzene ring substituents is 1. The van der Waals surface area contributed by atoms with Crippen molar-refractivity contribution in [2.24, 2.45) is 5.10 Å². The Morgan fingerprint density at radius 1 is 1.08 bits per heavy atom. The molecule has 26 heavy (non-hydrogen) atoms. The summed E-state index contributed by atoms with van der Waals surface area (Å²) in [7, 11) is 1.69. The normalized spacial score (nSPS) is 15.1. The van der Waals surface area contributed by atoms with Crippen LogP contribution >= 0.6 is 0 Å². The van der Waals surface area contributed by atoms with Gasteiger partial charge >= 0.3 is 0 Å². The lowest BCUT2D eigenvalue weighted by Gasteiger charge is -2.35. The summed E-state index contributed by atoms with van der Waals surface area (Å²) in [5, 5.41) is 17.5. The minimum atomic E-state index is -0.396. The van der Waals surface area contributed by atoms with E-state index in [0.717, 1.165) is 48.9 Å². The molecule has 2 aromatic rings. The summed E-state index contributed by atoms with van der Waals surface area (Å²) in [6.07, 6.45) is 0. The van der Waals surface area contributed by atoms with Gasteiger partial charge in [-0.05, 0) is 36.8 Å². The molecule has 0 radical (unpaired) electrons.